The van der Waals surface area contributed by atoms with Crippen LogP contribution in [0.15, 0.2) is 22.0 Å². The zero-order valence-corrected chi connectivity index (χ0v) is 14.4. The third-order valence-corrected chi connectivity index (χ3v) is 5.01. The molecule has 0 spiro atoms. The van der Waals surface area contributed by atoms with Gasteiger partial charge in [-0.3, -0.25) is 0 Å². The van der Waals surface area contributed by atoms with Crippen LogP contribution in [-0.2, 0) is 6.54 Å². The van der Waals surface area contributed by atoms with Gasteiger partial charge in [0.15, 0.2) is 0 Å². The third-order valence-electron chi connectivity index (χ3n) is 3.31. The largest absolute Gasteiger partial charge is 0.370 e. The minimum atomic E-state index is 0.560. The Balaban J connectivity index is 1.71. The van der Waals surface area contributed by atoms with E-state index in [0.717, 1.165) is 41.4 Å². The number of aromatic nitrogens is 2. The molecule has 0 amide bonds. The van der Waals surface area contributed by atoms with E-state index in [9.17, 15) is 0 Å². The molecule has 0 aliphatic heterocycles. The highest BCUT2D eigenvalue weighted by Gasteiger charge is 2.27. The third kappa shape index (κ3) is 4.17. The van der Waals surface area contributed by atoms with Gasteiger partial charge in [0.05, 0.1) is 6.54 Å². The fourth-order valence-electron chi connectivity index (χ4n) is 2.05. The van der Waals surface area contributed by atoms with Crippen molar-refractivity contribution >= 4 is 38.9 Å². The molecule has 1 aliphatic rings. The van der Waals surface area contributed by atoms with Crippen LogP contribution in [0, 0.1) is 0 Å². The van der Waals surface area contributed by atoms with Crippen molar-refractivity contribution < 1.29 is 0 Å². The van der Waals surface area contributed by atoms with E-state index >= 15 is 0 Å². The number of rotatable bonds is 7. The Kier molecular flexibility index (Phi) is 4.75. The van der Waals surface area contributed by atoms with E-state index in [4.69, 9.17) is 0 Å². The zero-order chi connectivity index (χ0) is 14.7. The van der Waals surface area contributed by atoms with Gasteiger partial charge >= 0.3 is 0 Å². The molecular weight excluding hydrogens is 348 g/mol. The summed E-state index contributed by atoms with van der Waals surface area (Å²) in [6, 6.07) is 4.14. The number of thiophene rings is 1. The van der Waals surface area contributed by atoms with E-state index in [0.29, 0.717) is 5.92 Å². The maximum Gasteiger partial charge on any atom is 0.136 e. The van der Waals surface area contributed by atoms with Gasteiger partial charge in [-0.25, -0.2) is 9.97 Å². The van der Waals surface area contributed by atoms with Crippen LogP contribution in [0.2, 0.25) is 0 Å². The molecule has 0 atom stereocenters. The second-order valence-electron chi connectivity index (χ2n) is 5.28. The predicted octanol–water partition coefficient (Wildman–Crippen LogP) is 4.61. The lowest BCUT2D eigenvalue weighted by atomic mass is 10.3. The van der Waals surface area contributed by atoms with Gasteiger partial charge in [-0.15, -0.1) is 11.3 Å². The molecule has 0 bridgehead atoms. The van der Waals surface area contributed by atoms with Gasteiger partial charge in [0.2, 0.25) is 0 Å². The van der Waals surface area contributed by atoms with Crippen molar-refractivity contribution in [3.8, 4) is 0 Å². The highest BCUT2D eigenvalue weighted by atomic mass is 79.9. The lowest BCUT2D eigenvalue weighted by Gasteiger charge is -2.10. The van der Waals surface area contributed by atoms with Crippen molar-refractivity contribution in [1.29, 1.82) is 0 Å². The van der Waals surface area contributed by atoms with Crippen molar-refractivity contribution in [2.45, 2.75) is 38.6 Å². The fraction of sp³-hybridized carbons (Fsp3) is 0.467. The molecule has 0 aromatic carbocycles. The molecule has 112 valence electrons. The number of halogens is 1. The highest BCUT2D eigenvalue weighted by Crippen LogP contribution is 2.38. The molecule has 2 N–H and O–H groups in total. The smallest absolute Gasteiger partial charge is 0.136 e. The standard InChI is InChI=1S/C15H19BrN4S/c1-2-5-17-13-7-14(20-15(19-13)10-3-4-10)18-8-12-6-11(16)9-21-12/h6-7,9-10H,2-5,8H2,1H3,(H2,17,18,19,20). The lowest BCUT2D eigenvalue weighted by Crippen LogP contribution is -2.08. The molecule has 4 nitrogen and oxygen atoms in total. The van der Waals surface area contributed by atoms with Crippen LogP contribution in [0.5, 0.6) is 0 Å². The van der Waals surface area contributed by atoms with Crippen LogP contribution < -0.4 is 10.6 Å². The molecule has 1 aliphatic carbocycles. The normalized spacial score (nSPS) is 14.2. The average Bonchev–Trinajstić information content (AvgIpc) is 3.26. The first kappa shape index (κ1) is 14.8. The molecular formula is C15H19BrN4S. The van der Waals surface area contributed by atoms with Gasteiger partial charge in [-0.1, -0.05) is 6.92 Å². The Morgan fingerprint density at radius 1 is 1.24 bits per heavy atom. The molecule has 0 unspecified atom stereocenters. The summed E-state index contributed by atoms with van der Waals surface area (Å²) in [5, 5.41) is 8.87. The van der Waals surface area contributed by atoms with Crippen molar-refractivity contribution in [3.05, 3.63) is 32.7 Å². The molecule has 0 radical (unpaired) electrons. The van der Waals surface area contributed by atoms with E-state index in [2.05, 4.69) is 54.9 Å². The monoisotopic (exact) mass is 366 g/mol. The zero-order valence-electron chi connectivity index (χ0n) is 12.0. The van der Waals surface area contributed by atoms with Crippen molar-refractivity contribution in [2.75, 3.05) is 17.2 Å². The molecule has 2 aromatic rings. The minimum Gasteiger partial charge on any atom is -0.370 e. The molecule has 1 saturated carbocycles. The van der Waals surface area contributed by atoms with Crippen molar-refractivity contribution in [3.63, 3.8) is 0 Å². The quantitative estimate of drug-likeness (QED) is 0.750. The first-order valence-corrected chi connectivity index (χ1v) is 9.01. The van der Waals surface area contributed by atoms with Gasteiger partial charge in [0.1, 0.15) is 17.5 Å². The maximum absolute atomic E-state index is 4.66. The predicted molar refractivity (Wildman–Crippen MR) is 92.1 cm³/mol. The number of hydrogen-bond acceptors (Lipinski definition) is 5. The minimum absolute atomic E-state index is 0.560. The SMILES string of the molecule is CCCNc1cc(NCc2cc(Br)cs2)nc(C2CC2)n1. The number of anilines is 2. The van der Waals surface area contributed by atoms with Crippen LogP contribution >= 0.6 is 27.3 Å². The molecule has 3 rings (SSSR count). The van der Waals surface area contributed by atoms with Crippen LogP contribution in [-0.4, -0.2) is 16.5 Å². The first-order valence-electron chi connectivity index (χ1n) is 7.34. The second kappa shape index (κ2) is 6.75. The Morgan fingerprint density at radius 3 is 2.62 bits per heavy atom. The van der Waals surface area contributed by atoms with E-state index in [1.165, 1.54) is 17.7 Å². The van der Waals surface area contributed by atoms with Crippen LogP contribution in [0.1, 0.15) is 42.8 Å². The van der Waals surface area contributed by atoms with Gasteiger partial charge in [0, 0.05) is 33.3 Å². The Morgan fingerprint density at radius 2 is 2.00 bits per heavy atom. The summed E-state index contributed by atoms with van der Waals surface area (Å²) in [5.74, 6) is 3.38. The number of nitrogens with zero attached hydrogens (tertiary/aromatic N) is 2. The molecule has 21 heavy (non-hydrogen) atoms. The molecule has 0 saturated heterocycles. The van der Waals surface area contributed by atoms with E-state index in [1.54, 1.807) is 11.3 Å². The Labute approximate surface area is 137 Å². The van der Waals surface area contributed by atoms with Gasteiger partial charge in [0.25, 0.3) is 0 Å². The summed E-state index contributed by atoms with van der Waals surface area (Å²) in [4.78, 5) is 10.6. The molecule has 2 heterocycles. The molecule has 1 fully saturated rings. The summed E-state index contributed by atoms with van der Waals surface area (Å²) in [6.07, 6.45) is 3.53. The van der Waals surface area contributed by atoms with Gasteiger partial charge in [-0.2, -0.15) is 0 Å². The van der Waals surface area contributed by atoms with Crippen LogP contribution in [0.3, 0.4) is 0 Å². The number of hydrogen-bond donors (Lipinski definition) is 2. The summed E-state index contributed by atoms with van der Waals surface area (Å²) in [5.41, 5.74) is 0. The fourth-order valence-corrected chi connectivity index (χ4v) is 3.44. The van der Waals surface area contributed by atoms with E-state index in [-0.39, 0.29) is 0 Å². The first-order chi connectivity index (χ1) is 10.2. The Bertz CT molecular complexity index is 609. The van der Waals surface area contributed by atoms with Crippen LogP contribution in [0.25, 0.3) is 0 Å². The van der Waals surface area contributed by atoms with Crippen LogP contribution in [0.4, 0.5) is 11.6 Å². The summed E-state index contributed by atoms with van der Waals surface area (Å²) in [6.45, 7) is 3.90. The maximum atomic E-state index is 4.66. The molecule has 2 aromatic heterocycles. The van der Waals surface area contributed by atoms with Crippen molar-refractivity contribution in [1.82, 2.24) is 9.97 Å². The second-order valence-corrected chi connectivity index (χ2v) is 7.19. The summed E-state index contributed by atoms with van der Waals surface area (Å²) >= 11 is 5.23. The topological polar surface area (TPSA) is 49.8 Å². The Hall–Kier alpha value is -1.14. The summed E-state index contributed by atoms with van der Waals surface area (Å²) < 4.78 is 1.14. The van der Waals surface area contributed by atoms with Gasteiger partial charge < -0.3 is 10.6 Å². The van der Waals surface area contributed by atoms with Gasteiger partial charge in [-0.05, 0) is 41.3 Å². The molecule has 6 heteroatoms. The highest BCUT2D eigenvalue weighted by molar-refractivity contribution is 9.10. The lowest BCUT2D eigenvalue weighted by molar-refractivity contribution is 0.905. The van der Waals surface area contributed by atoms with Crippen molar-refractivity contribution in [2.24, 2.45) is 0 Å². The number of nitrogens with one attached hydrogen (secondary N) is 2. The average molecular weight is 367 g/mol. The summed E-state index contributed by atoms with van der Waals surface area (Å²) in [7, 11) is 0. The van der Waals surface area contributed by atoms with E-state index in [1.807, 2.05) is 6.07 Å². The van der Waals surface area contributed by atoms with E-state index < -0.39 is 0 Å².